The molecule has 106 valence electrons. The molecule has 1 aromatic carbocycles. The highest BCUT2D eigenvalue weighted by atomic mass is 19.1. The first-order valence-corrected chi connectivity index (χ1v) is 7.10. The van der Waals surface area contributed by atoms with E-state index in [4.69, 9.17) is 0 Å². The maximum Gasteiger partial charge on any atom is 0.126 e. The van der Waals surface area contributed by atoms with Crippen LogP contribution in [0.5, 0.6) is 0 Å². The molecular weight excluding hydrogens is 243 g/mol. The number of benzene rings is 1. The van der Waals surface area contributed by atoms with Gasteiger partial charge in [0.2, 0.25) is 0 Å². The van der Waals surface area contributed by atoms with E-state index in [0.29, 0.717) is 19.5 Å². The van der Waals surface area contributed by atoms with E-state index in [1.165, 1.54) is 18.9 Å². The zero-order valence-electron chi connectivity index (χ0n) is 11.3. The number of likely N-dealkylation sites (tertiary alicyclic amines) is 1. The summed E-state index contributed by atoms with van der Waals surface area (Å²) in [5, 5.41) is 13.1. The molecule has 0 amide bonds. The Morgan fingerprint density at radius 1 is 1.26 bits per heavy atom. The van der Waals surface area contributed by atoms with Crippen LogP contribution in [0.1, 0.15) is 18.4 Å². The summed E-state index contributed by atoms with van der Waals surface area (Å²) in [7, 11) is 0. The Kier molecular flexibility index (Phi) is 5.76. The average molecular weight is 266 g/mol. The van der Waals surface area contributed by atoms with Crippen LogP contribution in [0.4, 0.5) is 4.39 Å². The number of aliphatic hydroxyl groups is 1. The van der Waals surface area contributed by atoms with Crippen molar-refractivity contribution in [1.29, 1.82) is 0 Å². The van der Waals surface area contributed by atoms with Gasteiger partial charge >= 0.3 is 0 Å². The van der Waals surface area contributed by atoms with Crippen LogP contribution in [-0.2, 0) is 6.42 Å². The fourth-order valence-corrected chi connectivity index (χ4v) is 2.52. The van der Waals surface area contributed by atoms with Crippen LogP contribution in [0.3, 0.4) is 0 Å². The lowest BCUT2D eigenvalue weighted by Gasteiger charge is -2.19. The first kappa shape index (κ1) is 14.4. The van der Waals surface area contributed by atoms with Crippen molar-refractivity contribution < 1.29 is 9.50 Å². The summed E-state index contributed by atoms with van der Waals surface area (Å²) in [6.07, 6.45) is 2.81. The predicted octanol–water partition coefficient (Wildman–Crippen LogP) is 1.41. The van der Waals surface area contributed by atoms with Crippen LogP contribution in [0, 0.1) is 5.82 Å². The Balaban J connectivity index is 1.59. The summed E-state index contributed by atoms with van der Waals surface area (Å²) >= 11 is 0. The molecule has 1 saturated heterocycles. The minimum absolute atomic E-state index is 0.151. The number of hydrogen-bond acceptors (Lipinski definition) is 3. The maximum atomic E-state index is 13.4. The fourth-order valence-electron chi connectivity index (χ4n) is 2.52. The second-order valence-electron chi connectivity index (χ2n) is 5.21. The van der Waals surface area contributed by atoms with Gasteiger partial charge in [0.15, 0.2) is 0 Å². The van der Waals surface area contributed by atoms with Crippen molar-refractivity contribution >= 4 is 0 Å². The van der Waals surface area contributed by atoms with Crippen molar-refractivity contribution in [2.75, 3.05) is 32.7 Å². The first-order valence-electron chi connectivity index (χ1n) is 7.10. The van der Waals surface area contributed by atoms with E-state index in [9.17, 15) is 9.50 Å². The van der Waals surface area contributed by atoms with Crippen LogP contribution in [0.2, 0.25) is 0 Å². The smallest absolute Gasteiger partial charge is 0.126 e. The summed E-state index contributed by atoms with van der Waals surface area (Å²) in [6.45, 7) is 4.22. The van der Waals surface area contributed by atoms with Gasteiger partial charge in [0.05, 0.1) is 6.10 Å². The largest absolute Gasteiger partial charge is 0.390 e. The van der Waals surface area contributed by atoms with E-state index in [2.05, 4.69) is 10.2 Å². The van der Waals surface area contributed by atoms with E-state index in [1.807, 2.05) is 6.07 Å². The van der Waals surface area contributed by atoms with Gasteiger partial charge in [-0.2, -0.15) is 0 Å². The van der Waals surface area contributed by atoms with Crippen molar-refractivity contribution in [3.05, 3.63) is 35.6 Å². The number of nitrogens with one attached hydrogen (secondary N) is 1. The third kappa shape index (κ3) is 4.90. The minimum atomic E-state index is -0.335. The predicted molar refractivity (Wildman–Crippen MR) is 74.7 cm³/mol. The van der Waals surface area contributed by atoms with Crippen molar-refractivity contribution in [3.63, 3.8) is 0 Å². The lowest BCUT2D eigenvalue weighted by Crippen LogP contribution is -2.37. The molecule has 1 aliphatic heterocycles. The molecule has 2 rings (SSSR count). The maximum absolute atomic E-state index is 13.4. The van der Waals surface area contributed by atoms with Gasteiger partial charge in [0.25, 0.3) is 0 Å². The summed E-state index contributed by atoms with van der Waals surface area (Å²) in [5.41, 5.74) is 0.726. The molecule has 19 heavy (non-hydrogen) atoms. The number of halogens is 1. The van der Waals surface area contributed by atoms with Gasteiger partial charge < -0.3 is 15.3 Å². The Morgan fingerprint density at radius 3 is 2.74 bits per heavy atom. The quantitative estimate of drug-likeness (QED) is 0.733. The molecule has 1 unspecified atom stereocenters. The molecule has 2 N–H and O–H groups in total. The number of hydrogen-bond donors (Lipinski definition) is 2. The molecule has 0 bridgehead atoms. The molecule has 1 heterocycles. The zero-order chi connectivity index (χ0) is 13.5. The van der Waals surface area contributed by atoms with Crippen molar-refractivity contribution in [2.24, 2.45) is 0 Å². The van der Waals surface area contributed by atoms with Crippen molar-refractivity contribution in [1.82, 2.24) is 10.2 Å². The highest BCUT2D eigenvalue weighted by molar-refractivity contribution is 5.17. The van der Waals surface area contributed by atoms with Crippen LogP contribution in [0.25, 0.3) is 0 Å². The monoisotopic (exact) mass is 266 g/mol. The molecule has 4 heteroatoms. The molecule has 0 aliphatic carbocycles. The number of aliphatic hydroxyl groups excluding tert-OH is 1. The van der Waals surface area contributed by atoms with Crippen LogP contribution >= 0.6 is 0 Å². The summed E-state index contributed by atoms with van der Waals surface area (Å²) < 4.78 is 13.4. The number of nitrogens with zero attached hydrogens (tertiary/aromatic N) is 1. The molecule has 0 aromatic heterocycles. The standard InChI is InChI=1S/C15H23FN2O/c16-15-6-2-1-5-13(15)7-8-17-11-14(19)12-18-9-3-4-10-18/h1-2,5-6,14,17,19H,3-4,7-12H2. The number of rotatable bonds is 7. The molecule has 0 saturated carbocycles. The number of β-amino-alcohol motifs (C(OH)–C–C–N with tert-alkyl or cyclic N) is 1. The van der Waals surface area contributed by atoms with Gasteiger partial charge in [0, 0.05) is 13.1 Å². The summed E-state index contributed by atoms with van der Waals surface area (Å²) in [6, 6.07) is 6.84. The van der Waals surface area contributed by atoms with Gasteiger partial charge in [-0.05, 0) is 50.5 Å². The third-order valence-corrected chi connectivity index (χ3v) is 3.58. The van der Waals surface area contributed by atoms with Crippen LogP contribution in [0.15, 0.2) is 24.3 Å². The van der Waals surface area contributed by atoms with E-state index in [-0.39, 0.29) is 11.9 Å². The zero-order valence-corrected chi connectivity index (χ0v) is 11.3. The van der Waals surface area contributed by atoms with Gasteiger partial charge in [-0.15, -0.1) is 0 Å². The lowest BCUT2D eigenvalue weighted by atomic mass is 10.1. The highest BCUT2D eigenvalue weighted by Gasteiger charge is 2.15. The first-order chi connectivity index (χ1) is 9.25. The van der Waals surface area contributed by atoms with Crippen molar-refractivity contribution in [3.8, 4) is 0 Å². The highest BCUT2D eigenvalue weighted by Crippen LogP contribution is 2.08. The fraction of sp³-hybridized carbons (Fsp3) is 0.600. The van der Waals surface area contributed by atoms with Gasteiger partial charge in [-0.3, -0.25) is 0 Å². The van der Waals surface area contributed by atoms with Gasteiger partial charge in [0.1, 0.15) is 5.82 Å². The van der Waals surface area contributed by atoms with Crippen LogP contribution < -0.4 is 5.32 Å². The second-order valence-corrected chi connectivity index (χ2v) is 5.21. The molecule has 1 aromatic rings. The molecule has 3 nitrogen and oxygen atoms in total. The Hall–Kier alpha value is -0.970. The molecule has 1 aliphatic rings. The molecule has 1 fully saturated rings. The lowest BCUT2D eigenvalue weighted by molar-refractivity contribution is 0.124. The van der Waals surface area contributed by atoms with E-state index >= 15 is 0 Å². The molecular formula is C15H23FN2O. The molecule has 0 radical (unpaired) electrons. The summed E-state index contributed by atoms with van der Waals surface area (Å²) in [5.74, 6) is -0.151. The van der Waals surface area contributed by atoms with Gasteiger partial charge in [-0.25, -0.2) is 4.39 Å². The molecule has 1 atom stereocenters. The van der Waals surface area contributed by atoms with Crippen molar-refractivity contribution in [2.45, 2.75) is 25.4 Å². The Morgan fingerprint density at radius 2 is 2.00 bits per heavy atom. The second kappa shape index (κ2) is 7.58. The van der Waals surface area contributed by atoms with E-state index in [1.54, 1.807) is 12.1 Å². The normalized spacial score (nSPS) is 17.8. The van der Waals surface area contributed by atoms with Gasteiger partial charge in [-0.1, -0.05) is 18.2 Å². The van der Waals surface area contributed by atoms with E-state index in [0.717, 1.165) is 25.2 Å². The minimum Gasteiger partial charge on any atom is -0.390 e. The molecule has 0 spiro atoms. The summed E-state index contributed by atoms with van der Waals surface area (Å²) in [4.78, 5) is 2.29. The van der Waals surface area contributed by atoms with E-state index < -0.39 is 0 Å². The third-order valence-electron chi connectivity index (χ3n) is 3.58. The van der Waals surface area contributed by atoms with Crippen LogP contribution in [-0.4, -0.2) is 48.8 Å². The Labute approximate surface area is 114 Å². The topological polar surface area (TPSA) is 35.5 Å². The SMILES string of the molecule is OC(CNCCc1ccccc1F)CN1CCCC1. The Bertz CT molecular complexity index is 380. The average Bonchev–Trinajstić information content (AvgIpc) is 2.89.